The number of H-pyrrole nitrogens is 1. The van der Waals surface area contributed by atoms with Crippen LogP contribution in [0.15, 0.2) is 12.4 Å². The molecule has 0 aliphatic rings. The second kappa shape index (κ2) is 4.50. The summed E-state index contributed by atoms with van der Waals surface area (Å²) in [5.74, 6) is 1.23. The summed E-state index contributed by atoms with van der Waals surface area (Å²) in [7, 11) is 0. The maximum atomic E-state index is 3.12. The van der Waals surface area contributed by atoms with E-state index in [2.05, 4.69) is 29.6 Å². The number of imidazole rings is 1. The van der Waals surface area contributed by atoms with Gasteiger partial charge in [0.05, 0.1) is 6.54 Å². The Morgan fingerprint density at radius 3 is 2.70 bits per heavy atom. The summed E-state index contributed by atoms with van der Waals surface area (Å²) in [5, 5.41) is 0. The zero-order chi connectivity index (χ0) is 6.69. The first-order valence-electron chi connectivity index (χ1n) is 3.38. The molecule has 0 radical (unpaired) electrons. The van der Waals surface area contributed by atoms with E-state index in [9.17, 15) is 0 Å². The molecule has 0 aromatic carbocycles. The Labute approximate surface area is 72.0 Å². The van der Waals surface area contributed by atoms with Crippen molar-refractivity contribution >= 4 is 0 Å². The summed E-state index contributed by atoms with van der Waals surface area (Å²) in [6, 6.07) is 0. The summed E-state index contributed by atoms with van der Waals surface area (Å²) in [4.78, 5) is 3.12. The van der Waals surface area contributed by atoms with Gasteiger partial charge in [-0.15, -0.1) is 0 Å². The van der Waals surface area contributed by atoms with E-state index in [1.54, 1.807) is 0 Å². The quantitative estimate of drug-likeness (QED) is 0.540. The van der Waals surface area contributed by atoms with Gasteiger partial charge in [0, 0.05) is 6.92 Å². The second-order valence-electron chi connectivity index (χ2n) is 2.24. The summed E-state index contributed by atoms with van der Waals surface area (Å²) in [6.07, 6.45) is 5.23. The number of aryl methyl sites for hydroxylation is 2. The fourth-order valence-electron chi connectivity index (χ4n) is 0.926. The molecule has 0 aliphatic heterocycles. The molecule has 0 saturated heterocycles. The van der Waals surface area contributed by atoms with Gasteiger partial charge in [0.25, 0.3) is 5.82 Å². The fourth-order valence-corrected chi connectivity index (χ4v) is 0.926. The predicted molar refractivity (Wildman–Crippen MR) is 36.0 cm³/mol. The van der Waals surface area contributed by atoms with Crippen molar-refractivity contribution in [2.45, 2.75) is 26.8 Å². The van der Waals surface area contributed by atoms with Crippen molar-refractivity contribution in [1.82, 2.24) is 4.98 Å². The van der Waals surface area contributed by atoms with Gasteiger partial charge in [-0.05, 0) is 6.42 Å². The van der Waals surface area contributed by atoms with Gasteiger partial charge in [0.1, 0.15) is 12.4 Å². The van der Waals surface area contributed by atoms with Gasteiger partial charge in [-0.1, -0.05) is 6.92 Å². The van der Waals surface area contributed by atoms with Gasteiger partial charge in [-0.3, -0.25) is 0 Å². The molecule has 0 amide bonds. The largest absolute Gasteiger partial charge is 1.00 e. The van der Waals surface area contributed by atoms with Crippen LogP contribution in [-0.2, 0) is 6.54 Å². The second-order valence-corrected chi connectivity index (χ2v) is 2.24. The lowest BCUT2D eigenvalue weighted by Crippen LogP contribution is -3.00. The number of nitrogens with one attached hydrogen (secondary N) is 1. The van der Waals surface area contributed by atoms with Crippen molar-refractivity contribution in [3.8, 4) is 0 Å². The molecule has 0 saturated carbocycles. The van der Waals surface area contributed by atoms with Crippen LogP contribution in [0.2, 0.25) is 0 Å². The van der Waals surface area contributed by atoms with Gasteiger partial charge in [-0.25, -0.2) is 9.55 Å². The van der Waals surface area contributed by atoms with E-state index in [0.717, 1.165) is 6.54 Å². The number of hydrogen-bond donors (Lipinski definition) is 1. The Morgan fingerprint density at radius 1 is 1.60 bits per heavy atom. The van der Waals surface area contributed by atoms with Crippen LogP contribution in [0.25, 0.3) is 0 Å². The van der Waals surface area contributed by atoms with Crippen LogP contribution in [0.1, 0.15) is 19.2 Å². The van der Waals surface area contributed by atoms with E-state index in [4.69, 9.17) is 0 Å². The number of hydrogen-bond acceptors (Lipinski definition) is 0. The first-order valence-corrected chi connectivity index (χ1v) is 3.38. The van der Waals surface area contributed by atoms with Crippen LogP contribution < -0.4 is 21.5 Å². The van der Waals surface area contributed by atoms with Crippen LogP contribution in [-0.4, -0.2) is 4.98 Å². The minimum atomic E-state index is 0. The molecular formula is C7H13BrN2. The van der Waals surface area contributed by atoms with Crippen LogP contribution >= 0.6 is 0 Å². The molecule has 10 heavy (non-hydrogen) atoms. The number of rotatable bonds is 2. The third kappa shape index (κ3) is 2.14. The van der Waals surface area contributed by atoms with Crippen molar-refractivity contribution in [3.63, 3.8) is 0 Å². The summed E-state index contributed by atoms with van der Waals surface area (Å²) in [5.41, 5.74) is 0. The normalized spacial score (nSPS) is 9.00. The molecule has 1 aromatic rings. The van der Waals surface area contributed by atoms with Crippen molar-refractivity contribution < 1.29 is 21.5 Å². The molecule has 0 atom stereocenters. The lowest BCUT2D eigenvalue weighted by Gasteiger charge is -1.90. The van der Waals surface area contributed by atoms with Crippen molar-refractivity contribution in [2.75, 3.05) is 0 Å². The van der Waals surface area contributed by atoms with E-state index in [1.165, 1.54) is 12.2 Å². The van der Waals surface area contributed by atoms with E-state index in [-0.39, 0.29) is 17.0 Å². The lowest BCUT2D eigenvalue weighted by molar-refractivity contribution is -0.701. The SMILES string of the molecule is CCC[n+]1cc[nH]c1C.[Br-]. The highest BCUT2D eigenvalue weighted by molar-refractivity contribution is 4.70. The summed E-state index contributed by atoms with van der Waals surface area (Å²) < 4.78 is 2.21. The highest BCUT2D eigenvalue weighted by atomic mass is 79.9. The summed E-state index contributed by atoms with van der Waals surface area (Å²) in [6.45, 7) is 5.38. The zero-order valence-corrected chi connectivity index (χ0v) is 7.98. The molecule has 1 rings (SSSR count). The molecule has 0 aliphatic carbocycles. The minimum Gasteiger partial charge on any atom is -1.00 e. The van der Waals surface area contributed by atoms with Gasteiger partial charge >= 0.3 is 0 Å². The molecule has 2 nitrogen and oxygen atoms in total. The van der Waals surface area contributed by atoms with Gasteiger partial charge in [-0.2, -0.15) is 0 Å². The molecule has 0 unspecified atom stereocenters. The predicted octanol–water partition coefficient (Wildman–Crippen LogP) is -1.98. The molecule has 1 heterocycles. The maximum absolute atomic E-state index is 3.12. The molecule has 3 heteroatoms. The van der Waals surface area contributed by atoms with Crippen molar-refractivity contribution in [3.05, 3.63) is 18.2 Å². The third-order valence-electron chi connectivity index (χ3n) is 1.44. The average Bonchev–Trinajstić information content (AvgIpc) is 2.18. The standard InChI is InChI=1S/C7H12N2.BrH/c1-3-5-9-6-4-8-7(9)2;/h4,6H,3,5H2,1-2H3;1H. The Hall–Kier alpha value is -0.310. The molecule has 0 spiro atoms. The fraction of sp³-hybridized carbons (Fsp3) is 0.571. The van der Waals surface area contributed by atoms with Gasteiger partial charge in [0.2, 0.25) is 0 Å². The van der Waals surface area contributed by atoms with Crippen LogP contribution in [0.4, 0.5) is 0 Å². The third-order valence-corrected chi connectivity index (χ3v) is 1.44. The van der Waals surface area contributed by atoms with Crippen molar-refractivity contribution in [1.29, 1.82) is 0 Å². The zero-order valence-electron chi connectivity index (χ0n) is 6.39. The molecule has 58 valence electrons. The highest BCUT2D eigenvalue weighted by Crippen LogP contribution is 1.82. The molecule has 0 bridgehead atoms. The van der Waals surface area contributed by atoms with Crippen LogP contribution in [0.5, 0.6) is 0 Å². The number of nitrogens with zero attached hydrogens (tertiary/aromatic N) is 1. The lowest BCUT2D eigenvalue weighted by atomic mass is 10.5. The molecule has 1 N–H and O–H groups in total. The first-order chi connectivity index (χ1) is 4.34. The van der Waals surface area contributed by atoms with Crippen LogP contribution in [0.3, 0.4) is 0 Å². The number of aromatic amines is 1. The van der Waals surface area contributed by atoms with E-state index in [1.807, 2.05) is 6.20 Å². The van der Waals surface area contributed by atoms with E-state index >= 15 is 0 Å². The average molecular weight is 205 g/mol. The van der Waals surface area contributed by atoms with Crippen LogP contribution in [0, 0.1) is 6.92 Å². The highest BCUT2D eigenvalue weighted by Gasteiger charge is 2.00. The van der Waals surface area contributed by atoms with Crippen molar-refractivity contribution in [2.24, 2.45) is 0 Å². The number of halogens is 1. The molecule has 1 aromatic heterocycles. The Morgan fingerprint density at radius 2 is 2.30 bits per heavy atom. The Bertz CT molecular complexity index is 183. The summed E-state index contributed by atoms with van der Waals surface area (Å²) >= 11 is 0. The first kappa shape index (κ1) is 9.69. The minimum absolute atomic E-state index is 0. The monoisotopic (exact) mass is 204 g/mol. The maximum Gasteiger partial charge on any atom is 0.251 e. The van der Waals surface area contributed by atoms with E-state index < -0.39 is 0 Å². The Balaban J connectivity index is 0.000000810. The van der Waals surface area contributed by atoms with Gasteiger partial charge in [0.15, 0.2) is 0 Å². The molecular weight excluding hydrogens is 192 g/mol. The Kier molecular flexibility index (Phi) is 4.36. The molecule has 0 fully saturated rings. The topological polar surface area (TPSA) is 19.7 Å². The smallest absolute Gasteiger partial charge is 0.251 e. The van der Waals surface area contributed by atoms with Gasteiger partial charge < -0.3 is 17.0 Å². The number of aromatic nitrogens is 2. The van der Waals surface area contributed by atoms with E-state index in [0.29, 0.717) is 0 Å².